The molecule has 32 heavy (non-hydrogen) atoms. The van der Waals surface area contributed by atoms with E-state index in [1.54, 1.807) is 38.5 Å². The number of fused-ring (bicyclic) bond motifs is 1. The summed E-state index contributed by atoms with van der Waals surface area (Å²) >= 11 is 0. The highest BCUT2D eigenvalue weighted by Gasteiger charge is 2.13. The molecule has 0 spiro atoms. The maximum Gasteiger partial charge on any atom is 0.316 e. The second-order valence-electron chi connectivity index (χ2n) is 7.36. The van der Waals surface area contributed by atoms with Crippen LogP contribution < -0.4 is 20.6 Å². The molecule has 4 rings (SSSR count). The van der Waals surface area contributed by atoms with Gasteiger partial charge >= 0.3 is 11.1 Å². The fraction of sp³-hybridized carbons (Fsp3) is 0.217. The largest absolute Gasteiger partial charge is 0.493 e. The summed E-state index contributed by atoms with van der Waals surface area (Å²) in [7, 11) is 3.16. The van der Waals surface area contributed by atoms with E-state index in [2.05, 4.69) is 15.1 Å². The molecule has 0 fully saturated rings. The number of nitrogens with one attached hydrogen (secondary N) is 1. The summed E-state index contributed by atoms with van der Waals surface area (Å²) in [4.78, 5) is 31.3. The van der Waals surface area contributed by atoms with Crippen LogP contribution in [0.3, 0.4) is 0 Å². The molecule has 2 aromatic carbocycles. The molecule has 9 nitrogen and oxygen atoms in total. The molecule has 164 valence electrons. The number of aromatic nitrogens is 4. The van der Waals surface area contributed by atoms with E-state index < -0.39 is 11.1 Å². The topological polar surface area (TPSA) is 112 Å². The lowest BCUT2D eigenvalue weighted by Gasteiger charge is -2.13. The first kappa shape index (κ1) is 21.1. The minimum absolute atomic E-state index is 0.156. The minimum atomic E-state index is -0.671. The number of hydrogen-bond donors (Lipinski definition) is 1. The van der Waals surface area contributed by atoms with E-state index >= 15 is 0 Å². The van der Waals surface area contributed by atoms with E-state index in [-0.39, 0.29) is 6.04 Å². The van der Waals surface area contributed by atoms with Gasteiger partial charge in [0.25, 0.3) is 5.89 Å². The first-order valence-electron chi connectivity index (χ1n) is 9.94. The van der Waals surface area contributed by atoms with Gasteiger partial charge in [-0.25, -0.2) is 0 Å². The van der Waals surface area contributed by atoms with Crippen LogP contribution in [0.5, 0.6) is 11.5 Å². The van der Waals surface area contributed by atoms with Crippen LogP contribution in [0, 0.1) is 0 Å². The van der Waals surface area contributed by atoms with Crippen LogP contribution in [0.15, 0.2) is 50.5 Å². The molecule has 0 saturated carbocycles. The van der Waals surface area contributed by atoms with Crippen LogP contribution >= 0.6 is 0 Å². The van der Waals surface area contributed by atoms with Crippen LogP contribution in [0.1, 0.15) is 31.3 Å². The van der Waals surface area contributed by atoms with Crippen LogP contribution in [-0.2, 0) is 0 Å². The van der Waals surface area contributed by atoms with Gasteiger partial charge in [-0.1, -0.05) is 11.2 Å². The van der Waals surface area contributed by atoms with Gasteiger partial charge in [0.1, 0.15) is 0 Å². The van der Waals surface area contributed by atoms with Gasteiger partial charge in [0, 0.05) is 17.7 Å². The number of benzene rings is 2. The lowest BCUT2D eigenvalue weighted by molar-refractivity contribution is 0.355. The summed E-state index contributed by atoms with van der Waals surface area (Å²) in [5, 5.41) is 4.02. The van der Waals surface area contributed by atoms with E-state index in [1.165, 1.54) is 4.57 Å². The quantitative estimate of drug-likeness (QED) is 0.462. The third-order valence-electron chi connectivity index (χ3n) is 4.96. The first-order valence-corrected chi connectivity index (χ1v) is 9.94. The molecule has 1 N–H and O–H groups in total. The summed E-state index contributed by atoms with van der Waals surface area (Å²) < 4.78 is 17.3. The molecule has 0 aliphatic rings. The highest BCUT2D eigenvalue weighted by atomic mass is 16.5. The molecule has 2 heterocycles. The molecule has 0 radical (unpaired) electrons. The zero-order valence-corrected chi connectivity index (χ0v) is 18.1. The third-order valence-corrected chi connectivity index (χ3v) is 4.96. The molecule has 4 aromatic rings. The summed E-state index contributed by atoms with van der Waals surface area (Å²) in [6.07, 6.45) is 3.51. The molecule has 0 saturated heterocycles. The zero-order chi connectivity index (χ0) is 22.8. The number of ether oxygens (including phenoxy) is 2. The number of methoxy groups -OCH3 is 2. The standard InChI is InChI=1S/C23H22N4O5/c1-13(2)27-17-8-7-15(12-16(17)24-22(28)23(27)29)21-25-20(32-26-21)10-6-14-5-9-18(30-3)19(11-14)31-4/h5-13H,1-4H3,(H,24,28). The van der Waals surface area contributed by atoms with Gasteiger partial charge in [0.05, 0.1) is 25.3 Å². The summed E-state index contributed by atoms with van der Waals surface area (Å²) in [5.41, 5.74) is 1.42. The van der Waals surface area contributed by atoms with Crippen molar-refractivity contribution >= 4 is 23.2 Å². The molecular formula is C23H22N4O5. The van der Waals surface area contributed by atoms with Gasteiger partial charge in [-0.2, -0.15) is 4.98 Å². The Morgan fingerprint density at radius 2 is 1.81 bits per heavy atom. The highest BCUT2D eigenvalue weighted by molar-refractivity contribution is 5.80. The van der Waals surface area contributed by atoms with Crippen LogP contribution in [0.4, 0.5) is 0 Å². The van der Waals surface area contributed by atoms with Crippen LogP contribution in [0.2, 0.25) is 0 Å². The number of H-pyrrole nitrogens is 1. The molecule has 0 amide bonds. The van der Waals surface area contributed by atoms with Crippen molar-refractivity contribution in [2.75, 3.05) is 14.2 Å². The molecule has 0 atom stereocenters. The summed E-state index contributed by atoms with van der Waals surface area (Å²) in [5.74, 6) is 1.94. The smallest absolute Gasteiger partial charge is 0.316 e. The maximum absolute atomic E-state index is 12.2. The average Bonchev–Trinajstić information content (AvgIpc) is 3.26. The van der Waals surface area contributed by atoms with E-state index in [0.29, 0.717) is 39.8 Å². The minimum Gasteiger partial charge on any atom is -0.493 e. The van der Waals surface area contributed by atoms with Crippen molar-refractivity contribution in [3.63, 3.8) is 0 Å². The van der Waals surface area contributed by atoms with Crippen molar-refractivity contribution in [3.8, 4) is 22.9 Å². The Kier molecular flexibility index (Phi) is 5.63. The molecule has 2 aromatic heterocycles. The highest BCUT2D eigenvalue weighted by Crippen LogP contribution is 2.28. The fourth-order valence-electron chi connectivity index (χ4n) is 3.44. The van der Waals surface area contributed by atoms with Gasteiger partial charge in [0.2, 0.25) is 5.82 Å². The number of rotatable bonds is 6. The second kappa shape index (κ2) is 8.54. The number of aromatic amines is 1. The summed E-state index contributed by atoms with van der Waals surface area (Å²) in [6.45, 7) is 3.70. The maximum atomic E-state index is 12.2. The van der Waals surface area contributed by atoms with E-state index in [0.717, 1.165) is 5.56 Å². The van der Waals surface area contributed by atoms with E-state index in [4.69, 9.17) is 14.0 Å². The van der Waals surface area contributed by atoms with Crippen molar-refractivity contribution < 1.29 is 14.0 Å². The zero-order valence-electron chi connectivity index (χ0n) is 18.1. The Labute approximate surface area is 182 Å². The Balaban J connectivity index is 1.65. The third kappa shape index (κ3) is 3.92. The molecule has 0 aliphatic carbocycles. The Hall–Kier alpha value is -4.14. The molecule has 9 heteroatoms. The second-order valence-corrected chi connectivity index (χ2v) is 7.36. The van der Waals surface area contributed by atoms with Crippen molar-refractivity contribution in [3.05, 3.63) is 68.6 Å². The SMILES string of the molecule is COc1ccc(C=Cc2nc(-c3ccc4c(c3)[nH]c(=O)c(=O)n4C(C)C)no2)cc1OC. The first-order chi connectivity index (χ1) is 15.4. The predicted octanol–water partition coefficient (Wildman–Crippen LogP) is 3.51. The molecular weight excluding hydrogens is 412 g/mol. The average molecular weight is 434 g/mol. The Morgan fingerprint density at radius 3 is 2.53 bits per heavy atom. The van der Waals surface area contributed by atoms with E-state index in [9.17, 15) is 9.59 Å². The van der Waals surface area contributed by atoms with Gasteiger partial charge in [-0.3, -0.25) is 14.2 Å². The van der Waals surface area contributed by atoms with Crippen LogP contribution in [-0.4, -0.2) is 33.9 Å². The predicted molar refractivity (Wildman–Crippen MR) is 121 cm³/mol. The monoisotopic (exact) mass is 434 g/mol. The number of hydrogen-bond acceptors (Lipinski definition) is 7. The lowest BCUT2D eigenvalue weighted by Crippen LogP contribution is -2.37. The molecule has 0 aliphatic heterocycles. The van der Waals surface area contributed by atoms with Gasteiger partial charge < -0.3 is 19.0 Å². The Morgan fingerprint density at radius 1 is 1.03 bits per heavy atom. The van der Waals surface area contributed by atoms with Gasteiger partial charge in [-0.05, 0) is 55.8 Å². The van der Waals surface area contributed by atoms with Crippen molar-refractivity contribution in [1.82, 2.24) is 19.7 Å². The molecule has 0 bridgehead atoms. The normalized spacial score (nSPS) is 11.5. The Bertz CT molecular complexity index is 1430. The van der Waals surface area contributed by atoms with Crippen molar-refractivity contribution in [2.45, 2.75) is 19.9 Å². The fourth-order valence-corrected chi connectivity index (χ4v) is 3.44. The van der Waals surface area contributed by atoms with Crippen LogP contribution in [0.25, 0.3) is 34.6 Å². The molecule has 0 unspecified atom stereocenters. The lowest BCUT2D eigenvalue weighted by atomic mass is 10.1. The van der Waals surface area contributed by atoms with Crippen molar-refractivity contribution in [2.24, 2.45) is 0 Å². The number of nitrogens with zero attached hydrogens (tertiary/aromatic N) is 3. The van der Waals surface area contributed by atoms with Gasteiger partial charge in [-0.15, -0.1) is 0 Å². The van der Waals surface area contributed by atoms with Crippen molar-refractivity contribution in [1.29, 1.82) is 0 Å². The van der Waals surface area contributed by atoms with E-state index in [1.807, 2.05) is 38.1 Å². The van der Waals surface area contributed by atoms with Gasteiger partial charge in [0.15, 0.2) is 11.5 Å². The summed E-state index contributed by atoms with van der Waals surface area (Å²) in [6, 6.07) is 10.6.